The van der Waals surface area contributed by atoms with E-state index in [1.54, 1.807) is 0 Å². The maximum absolute atomic E-state index is 2.41. The molecular weight excluding hydrogens is 348 g/mol. The maximum Gasteiger partial charge on any atom is -0.0178 e. The number of benzene rings is 2. The first-order valence-corrected chi connectivity index (χ1v) is 10.9. The highest BCUT2D eigenvalue weighted by molar-refractivity contribution is 5.81. The Kier molecular flexibility index (Phi) is 5.46. The summed E-state index contributed by atoms with van der Waals surface area (Å²) in [7, 11) is 0. The van der Waals surface area contributed by atoms with Crippen LogP contribution in [0.2, 0.25) is 0 Å². The first-order chi connectivity index (χ1) is 13.9. The van der Waals surface area contributed by atoms with Crippen LogP contribution in [0.5, 0.6) is 0 Å². The van der Waals surface area contributed by atoms with Crippen molar-refractivity contribution >= 4 is 11.1 Å². The van der Waals surface area contributed by atoms with Gasteiger partial charge < -0.3 is 0 Å². The van der Waals surface area contributed by atoms with Crippen LogP contribution in [0.15, 0.2) is 71.8 Å². The lowest BCUT2D eigenvalue weighted by molar-refractivity contribution is 0.743. The van der Waals surface area contributed by atoms with Gasteiger partial charge in [-0.1, -0.05) is 55.5 Å². The van der Waals surface area contributed by atoms with Gasteiger partial charge in [-0.15, -0.1) is 0 Å². The molecule has 2 aromatic rings. The lowest BCUT2D eigenvalue weighted by Gasteiger charge is -2.21. The van der Waals surface area contributed by atoms with Crippen molar-refractivity contribution in [3.05, 3.63) is 94.1 Å². The van der Waals surface area contributed by atoms with Crippen LogP contribution < -0.4 is 0 Å². The maximum atomic E-state index is 2.41. The van der Waals surface area contributed by atoms with Gasteiger partial charge in [-0.2, -0.15) is 0 Å². The fourth-order valence-electron chi connectivity index (χ4n) is 4.67. The van der Waals surface area contributed by atoms with E-state index in [1.165, 1.54) is 55.7 Å². The van der Waals surface area contributed by atoms with Gasteiger partial charge in [-0.05, 0) is 121 Å². The summed E-state index contributed by atoms with van der Waals surface area (Å²) in [6, 6.07) is 14.0. The van der Waals surface area contributed by atoms with Crippen LogP contribution in [0.1, 0.15) is 62.3 Å². The molecule has 2 aromatic carbocycles. The molecule has 1 atom stereocenters. The van der Waals surface area contributed by atoms with Crippen molar-refractivity contribution in [2.75, 3.05) is 0 Å². The van der Waals surface area contributed by atoms with Gasteiger partial charge in [0.05, 0.1) is 0 Å². The zero-order valence-electron chi connectivity index (χ0n) is 18.5. The van der Waals surface area contributed by atoms with Crippen LogP contribution in [0, 0.1) is 19.8 Å². The van der Waals surface area contributed by atoms with Gasteiger partial charge in [-0.25, -0.2) is 0 Å². The second-order valence-corrected chi connectivity index (χ2v) is 8.86. The number of aryl methyl sites for hydroxylation is 2. The summed E-state index contributed by atoms with van der Waals surface area (Å²) < 4.78 is 0. The highest BCUT2D eigenvalue weighted by atomic mass is 14.2. The van der Waals surface area contributed by atoms with Gasteiger partial charge in [0.15, 0.2) is 0 Å². The number of hydrogen-bond donors (Lipinski definition) is 0. The van der Waals surface area contributed by atoms with Gasteiger partial charge in [0.2, 0.25) is 0 Å². The summed E-state index contributed by atoms with van der Waals surface area (Å²) in [6.45, 7) is 11.3. The second kappa shape index (κ2) is 8.03. The van der Waals surface area contributed by atoms with E-state index in [0.717, 1.165) is 19.3 Å². The third-order valence-electron chi connectivity index (χ3n) is 6.54. The summed E-state index contributed by atoms with van der Waals surface area (Å²) >= 11 is 0. The molecule has 0 fully saturated rings. The van der Waals surface area contributed by atoms with E-state index < -0.39 is 0 Å². The smallest absolute Gasteiger partial charge is 0.0178 e. The lowest BCUT2D eigenvalue weighted by Crippen LogP contribution is -2.02. The van der Waals surface area contributed by atoms with Crippen molar-refractivity contribution in [1.82, 2.24) is 0 Å². The predicted octanol–water partition coefficient (Wildman–Crippen LogP) is 8.46. The molecule has 0 spiro atoms. The minimum Gasteiger partial charge on any atom is -0.0839 e. The van der Waals surface area contributed by atoms with E-state index in [2.05, 4.69) is 95.3 Å². The number of allylic oxidation sites excluding steroid dienone is 8. The lowest BCUT2D eigenvalue weighted by atomic mass is 9.84. The zero-order chi connectivity index (χ0) is 20.5. The third-order valence-corrected chi connectivity index (χ3v) is 6.54. The summed E-state index contributed by atoms with van der Waals surface area (Å²) in [5.74, 6) is 0.608. The van der Waals surface area contributed by atoms with Crippen LogP contribution in [0.4, 0.5) is 0 Å². The molecule has 0 nitrogen and oxygen atoms in total. The van der Waals surface area contributed by atoms with Crippen molar-refractivity contribution in [2.45, 2.75) is 53.9 Å². The summed E-state index contributed by atoms with van der Waals surface area (Å²) in [4.78, 5) is 0. The van der Waals surface area contributed by atoms with Crippen LogP contribution in [0.25, 0.3) is 22.3 Å². The van der Waals surface area contributed by atoms with Crippen molar-refractivity contribution in [1.29, 1.82) is 0 Å². The van der Waals surface area contributed by atoms with Gasteiger partial charge in [0.25, 0.3) is 0 Å². The molecule has 0 aromatic heterocycles. The topological polar surface area (TPSA) is 0 Å². The SMILES string of the molecule is CC1=C(c2cc(-c3ccc(C)c(C4=C(C)C=CC(C)C4)c3)ccc2C)CCC=C1. The highest BCUT2D eigenvalue weighted by Crippen LogP contribution is 2.37. The molecule has 4 rings (SSSR count). The largest absolute Gasteiger partial charge is 0.0839 e. The van der Waals surface area contributed by atoms with Gasteiger partial charge in [0, 0.05) is 0 Å². The first-order valence-electron chi connectivity index (χ1n) is 10.9. The average molecular weight is 381 g/mol. The van der Waals surface area contributed by atoms with Crippen LogP contribution >= 0.6 is 0 Å². The molecule has 0 N–H and O–H groups in total. The molecular formula is C29H32. The highest BCUT2D eigenvalue weighted by Gasteiger charge is 2.16. The normalized spacial score (nSPS) is 19.3. The summed E-state index contributed by atoms with van der Waals surface area (Å²) in [5.41, 5.74) is 14.0. The summed E-state index contributed by atoms with van der Waals surface area (Å²) in [6.07, 6.45) is 12.6. The molecule has 1 unspecified atom stereocenters. The van der Waals surface area contributed by atoms with Crippen molar-refractivity contribution in [3.8, 4) is 11.1 Å². The zero-order valence-corrected chi connectivity index (χ0v) is 18.5. The number of hydrogen-bond acceptors (Lipinski definition) is 0. The predicted molar refractivity (Wildman–Crippen MR) is 128 cm³/mol. The molecule has 0 radical (unpaired) electrons. The number of rotatable bonds is 3. The molecule has 0 heterocycles. The molecule has 0 aliphatic heterocycles. The van der Waals surface area contributed by atoms with Crippen LogP contribution in [-0.2, 0) is 0 Å². The van der Waals surface area contributed by atoms with Gasteiger partial charge in [0.1, 0.15) is 0 Å². The van der Waals surface area contributed by atoms with E-state index in [9.17, 15) is 0 Å². The average Bonchev–Trinajstić information content (AvgIpc) is 2.71. The van der Waals surface area contributed by atoms with E-state index >= 15 is 0 Å². The minimum absolute atomic E-state index is 0.608. The molecule has 2 aliphatic carbocycles. The molecule has 148 valence electrons. The molecule has 2 aliphatic rings. The van der Waals surface area contributed by atoms with E-state index in [1.807, 2.05) is 0 Å². The Bertz CT molecular complexity index is 1070. The van der Waals surface area contributed by atoms with Crippen molar-refractivity contribution in [3.63, 3.8) is 0 Å². The summed E-state index contributed by atoms with van der Waals surface area (Å²) in [5, 5.41) is 0. The quantitative estimate of drug-likeness (QED) is 0.501. The molecule has 0 saturated carbocycles. The van der Waals surface area contributed by atoms with E-state index in [0.29, 0.717) is 5.92 Å². The standard InChI is InChI=1S/C29H32/c1-19-10-11-21(3)27(16-19)29-18-25(15-13-23(29)5)24-14-12-22(4)28(17-24)26-9-7-6-8-20(26)2/h6,8,10-15,17-19H,7,9,16H2,1-5H3. The Balaban J connectivity index is 1.80. The Labute approximate surface area is 176 Å². The third kappa shape index (κ3) is 3.94. The Hall–Kier alpha value is -2.60. The van der Waals surface area contributed by atoms with E-state index in [-0.39, 0.29) is 0 Å². The second-order valence-electron chi connectivity index (χ2n) is 8.86. The van der Waals surface area contributed by atoms with Gasteiger partial charge >= 0.3 is 0 Å². The fourth-order valence-corrected chi connectivity index (χ4v) is 4.67. The molecule has 0 amide bonds. The van der Waals surface area contributed by atoms with Crippen molar-refractivity contribution in [2.24, 2.45) is 5.92 Å². The molecule has 0 heteroatoms. The van der Waals surface area contributed by atoms with E-state index in [4.69, 9.17) is 0 Å². The fraction of sp³-hybridized carbons (Fsp3) is 0.310. The van der Waals surface area contributed by atoms with Crippen LogP contribution in [0.3, 0.4) is 0 Å². The molecule has 0 bridgehead atoms. The van der Waals surface area contributed by atoms with Crippen molar-refractivity contribution < 1.29 is 0 Å². The Morgan fingerprint density at radius 2 is 1.31 bits per heavy atom. The molecule has 29 heavy (non-hydrogen) atoms. The Morgan fingerprint density at radius 1 is 0.724 bits per heavy atom. The molecule has 0 saturated heterocycles. The Morgan fingerprint density at radius 3 is 1.93 bits per heavy atom. The monoisotopic (exact) mass is 380 g/mol. The van der Waals surface area contributed by atoms with Gasteiger partial charge in [-0.3, -0.25) is 0 Å². The first kappa shape index (κ1) is 19.7. The minimum atomic E-state index is 0.608. The van der Waals surface area contributed by atoms with Crippen LogP contribution in [-0.4, -0.2) is 0 Å².